The fraction of sp³-hybridized carbons (Fsp3) is 0.182. The molecular formula is C33H32N4. The minimum atomic E-state index is 0.480. The van der Waals surface area contributed by atoms with Crippen LogP contribution in [0.5, 0.6) is 0 Å². The zero-order valence-electron chi connectivity index (χ0n) is 21.9. The van der Waals surface area contributed by atoms with E-state index in [-0.39, 0.29) is 0 Å². The molecule has 0 amide bonds. The quantitative estimate of drug-likeness (QED) is 0.241. The Hall–Kier alpha value is -4.31. The first kappa shape index (κ1) is 24.4. The van der Waals surface area contributed by atoms with Crippen molar-refractivity contribution in [2.45, 2.75) is 40.0 Å². The standard InChI is InChI=1S/C29H24N4.C4H8/c1-19-10-11-27-24(14-19)29-20(2)6-3-9-28(29)33(27)23-15-25(21-7-4-12-30-17-21)32-26(16-23)22-8-5-13-31-18-22;1-3-4-2/h3-5,7-18,20H,6H2,1-2H3;3-4H,1-2H3/b;4-3-. The highest BCUT2D eigenvalue weighted by atomic mass is 15.0. The van der Waals surface area contributed by atoms with Crippen LogP contribution in [-0.2, 0) is 0 Å². The monoisotopic (exact) mass is 484 g/mol. The van der Waals surface area contributed by atoms with Crippen molar-refractivity contribution in [3.05, 3.63) is 114 Å². The second-order valence-electron chi connectivity index (χ2n) is 9.44. The molecule has 4 heteroatoms. The first-order valence-electron chi connectivity index (χ1n) is 12.8. The van der Waals surface area contributed by atoms with Gasteiger partial charge in [-0.2, -0.15) is 0 Å². The molecule has 0 spiro atoms. The topological polar surface area (TPSA) is 43.6 Å². The summed E-state index contributed by atoms with van der Waals surface area (Å²) in [5.74, 6) is 0.480. The number of aryl methyl sites for hydroxylation is 1. The minimum absolute atomic E-state index is 0.480. The summed E-state index contributed by atoms with van der Waals surface area (Å²) in [5, 5.41) is 1.34. The summed E-state index contributed by atoms with van der Waals surface area (Å²) in [5.41, 5.74) is 10.1. The van der Waals surface area contributed by atoms with Gasteiger partial charge in [-0.3, -0.25) is 9.97 Å². The van der Waals surface area contributed by atoms with Crippen molar-refractivity contribution in [2.24, 2.45) is 0 Å². The van der Waals surface area contributed by atoms with Crippen LogP contribution in [-0.4, -0.2) is 19.5 Å². The normalized spacial score (nSPS) is 14.4. The van der Waals surface area contributed by atoms with E-state index in [4.69, 9.17) is 4.98 Å². The van der Waals surface area contributed by atoms with Gasteiger partial charge in [0.25, 0.3) is 0 Å². The summed E-state index contributed by atoms with van der Waals surface area (Å²) >= 11 is 0. The molecule has 0 bridgehead atoms. The molecule has 0 radical (unpaired) electrons. The number of hydrogen-bond donors (Lipinski definition) is 0. The lowest BCUT2D eigenvalue weighted by Gasteiger charge is -2.18. The fourth-order valence-corrected chi connectivity index (χ4v) is 4.88. The van der Waals surface area contributed by atoms with Gasteiger partial charge in [-0.1, -0.05) is 36.8 Å². The number of benzene rings is 1. The lowest BCUT2D eigenvalue weighted by molar-refractivity contribution is 0.773. The molecule has 1 aromatic carbocycles. The van der Waals surface area contributed by atoms with Crippen molar-refractivity contribution in [1.82, 2.24) is 19.5 Å². The molecule has 1 aliphatic carbocycles. The molecule has 1 atom stereocenters. The second-order valence-corrected chi connectivity index (χ2v) is 9.44. The maximum absolute atomic E-state index is 4.99. The molecule has 1 aliphatic rings. The van der Waals surface area contributed by atoms with E-state index in [1.807, 2.05) is 50.5 Å². The number of pyridine rings is 3. The third-order valence-electron chi connectivity index (χ3n) is 6.77. The second kappa shape index (κ2) is 10.8. The van der Waals surface area contributed by atoms with Crippen molar-refractivity contribution < 1.29 is 0 Å². The molecule has 0 aliphatic heterocycles. The summed E-state index contributed by atoms with van der Waals surface area (Å²) in [6.45, 7) is 8.49. The van der Waals surface area contributed by atoms with Crippen LogP contribution >= 0.6 is 0 Å². The molecule has 0 N–H and O–H groups in total. The smallest absolute Gasteiger partial charge is 0.0745 e. The Morgan fingerprint density at radius 2 is 1.51 bits per heavy atom. The zero-order chi connectivity index (χ0) is 25.8. The van der Waals surface area contributed by atoms with Crippen LogP contribution in [0.4, 0.5) is 0 Å². The minimum Gasteiger partial charge on any atom is -0.309 e. The van der Waals surface area contributed by atoms with Gasteiger partial charge in [0, 0.05) is 47.0 Å². The van der Waals surface area contributed by atoms with Crippen LogP contribution in [0, 0.1) is 6.92 Å². The Labute approximate surface area is 219 Å². The molecule has 4 nitrogen and oxygen atoms in total. The van der Waals surface area contributed by atoms with E-state index < -0.39 is 0 Å². The number of rotatable bonds is 3. The number of nitrogens with zero attached hydrogens (tertiary/aromatic N) is 4. The van der Waals surface area contributed by atoms with Crippen molar-refractivity contribution >= 4 is 17.0 Å². The lowest BCUT2D eigenvalue weighted by atomic mass is 9.90. The number of hydrogen-bond acceptors (Lipinski definition) is 3. The summed E-state index contributed by atoms with van der Waals surface area (Å²) < 4.78 is 2.39. The van der Waals surface area contributed by atoms with Crippen LogP contribution in [0.3, 0.4) is 0 Å². The van der Waals surface area contributed by atoms with Gasteiger partial charge < -0.3 is 4.57 Å². The number of fused-ring (bicyclic) bond motifs is 3. The lowest BCUT2D eigenvalue weighted by Crippen LogP contribution is -2.04. The molecule has 37 heavy (non-hydrogen) atoms. The highest BCUT2D eigenvalue weighted by Gasteiger charge is 2.23. The zero-order valence-corrected chi connectivity index (χ0v) is 21.9. The first-order chi connectivity index (χ1) is 18.1. The SMILES string of the molecule is C/C=C\C.Cc1ccc2c(c1)c1c(n2-c2cc(-c3cccnc3)nc(-c3cccnc3)c2)C=CCC1C. The maximum Gasteiger partial charge on any atom is 0.0745 e. The summed E-state index contributed by atoms with van der Waals surface area (Å²) in [7, 11) is 0. The molecule has 5 aromatic rings. The van der Waals surface area contributed by atoms with Gasteiger partial charge in [-0.25, -0.2) is 4.98 Å². The van der Waals surface area contributed by atoms with Gasteiger partial charge in [-0.15, -0.1) is 0 Å². The Morgan fingerprint density at radius 1 is 0.865 bits per heavy atom. The molecule has 0 saturated heterocycles. The first-order valence-corrected chi connectivity index (χ1v) is 12.8. The third-order valence-corrected chi connectivity index (χ3v) is 6.77. The Bertz CT molecular complexity index is 1520. The Kier molecular flexibility index (Phi) is 7.09. The van der Waals surface area contributed by atoms with Crippen molar-refractivity contribution in [3.63, 3.8) is 0 Å². The van der Waals surface area contributed by atoms with E-state index in [1.54, 1.807) is 12.4 Å². The Balaban J connectivity index is 0.000000655. The van der Waals surface area contributed by atoms with Crippen LogP contribution in [0.2, 0.25) is 0 Å². The van der Waals surface area contributed by atoms with E-state index in [1.165, 1.54) is 27.7 Å². The van der Waals surface area contributed by atoms with Gasteiger partial charge in [0.15, 0.2) is 0 Å². The van der Waals surface area contributed by atoms with Crippen LogP contribution in [0.1, 0.15) is 49.9 Å². The van der Waals surface area contributed by atoms with Crippen molar-refractivity contribution in [1.29, 1.82) is 0 Å². The van der Waals surface area contributed by atoms with Crippen LogP contribution in [0.15, 0.2) is 97.6 Å². The third kappa shape index (κ3) is 4.88. The van der Waals surface area contributed by atoms with Gasteiger partial charge in [0.2, 0.25) is 0 Å². The fourth-order valence-electron chi connectivity index (χ4n) is 4.88. The molecular weight excluding hydrogens is 452 g/mol. The highest BCUT2D eigenvalue weighted by Crippen LogP contribution is 2.40. The molecule has 0 fully saturated rings. The van der Waals surface area contributed by atoms with Gasteiger partial charge in [-0.05, 0) is 93.3 Å². The van der Waals surface area contributed by atoms with Crippen molar-refractivity contribution in [2.75, 3.05) is 0 Å². The maximum atomic E-state index is 4.99. The van der Waals surface area contributed by atoms with Gasteiger partial charge in [0.1, 0.15) is 0 Å². The average molecular weight is 485 g/mol. The molecule has 4 heterocycles. The molecule has 6 rings (SSSR count). The molecule has 4 aromatic heterocycles. The predicted octanol–water partition coefficient (Wildman–Crippen LogP) is 8.56. The van der Waals surface area contributed by atoms with E-state index in [0.717, 1.165) is 34.6 Å². The molecule has 184 valence electrons. The molecule has 1 unspecified atom stereocenters. The largest absolute Gasteiger partial charge is 0.309 e. The van der Waals surface area contributed by atoms with Crippen LogP contribution in [0.25, 0.3) is 45.2 Å². The van der Waals surface area contributed by atoms with Gasteiger partial charge in [0.05, 0.1) is 22.6 Å². The predicted molar refractivity (Wildman–Crippen MR) is 155 cm³/mol. The average Bonchev–Trinajstić information content (AvgIpc) is 3.28. The van der Waals surface area contributed by atoms with Crippen molar-refractivity contribution in [3.8, 4) is 28.2 Å². The summed E-state index contributed by atoms with van der Waals surface area (Å²) in [4.78, 5) is 13.6. The van der Waals surface area contributed by atoms with Gasteiger partial charge >= 0.3 is 0 Å². The van der Waals surface area contributed by atoms with Crippen LogP contribution < -0.4 is 0 Å². The van der Waals surface area contributed by atoms with E-state index >= 15 is 0 Å². The number of aromatic nitrogens is 4. The van der Waals surface area contributed by atoms with E-state index in [2.05, 4.69) is 83.0 Å². The summed E-state index contributed by atoms with van der Waals surface area (Å²) in [6, 6.07) is 19.1. The highest BCUT2D eigenvalue weighted by molar-refractivity contribution is 5.92. The number of allylic oxidation sites excluding steroid dienone is 3. The van der Waals surface area contributed by atoms with E-state index in [0.29, 0.717) is 5.92 Å². The summed E-state index contributed by atoms with van der Waals surface area (Å²) in [6.07, 6.45) is 17.0. The van der Waals surface area contributed by atoms with E-state index in [9.17, 15) is 0 Å². The Morgan fingerprint density at radius 3 is 2.08 bits per heavy atom. The molecule has 0 saturated carbocycles.